The molecule has 1 atom stereocenters. The van der Waals surface area contributed by atoms with Crippen LogP contribution in [0.3, 0.4) is 0 Å². The van der Waals surface area contributed by atoms with E-state index in [0.29, 0.717) is 11.1 Å². The third-order valence-corrected chi connectivity index (χ3v) is 3.98. The van der Waals surface area contributed by atoms with Gasteiger partial charge in [-0.1, -0.05) is 12.1 Å². The fraction of sp³-hybridized carbons (Fsp3) is 0.500. The molecule has 20 heavy (non-hydrogen) atoms. The van der Waals surface area contributed by atoms with Crippen molar-refractivity contribution < 1.29 is 9.18 Å². The Bertz CT molecular complexity index is 490. The van der Waals surface area contributed by atoms with Crippen molar-refractivity contribution in [2.45, 2.75) is 30.6 Å². The van der Waals surface area contributed by atoms with Crippen LogP contribution in [-0.2, 0) is 0 Å². The van der Waals surface area contributed by atoms with Crippen LogP contribution in [0.15, 0.2) is 18.2 Å². The molecule has 0 aromatic heterocycles. The topological polar surface area (TPSA) is 32.3 Å². The Labute approximate surface area is 128 Å². The smallest absolute Gasteiger partial charge is 0.317 e. The summed E-state index contributed by atoms with van der Waals surface area (Å²) < 4.78 is 13.6. The second kappa shape index (κ2) is 6.64. The molecule has 1 aromatic carbocycles. The SMILES string of the molecule is Cc1ccc([C@@H](NC(=O)N2CCCC2)C(Cl)Cl)cc1F. The van der Waals surface area contributed by atoms with Gasteiger partial charge < -0.3 is 10.2 Å². The van der Waals surface area contributed by atoms with Gasteiger partial charge in [-0.3, -0.25) is 0 Å². The van der Waals surface area contributed by atoms with Crippen LogP contribution in [0, 0.1) is 12.7 Å². The third-order valence-electron chi connectivity index (χ3n) is 3.48. The third kappa shape index (κ3) is 3.55. The number of alkyl halides is 2. The number of aryl methyl sites for hydroxylation is 1. The number of carbonyl (C=O) groups is 1. The van der Waals surface area contributed by atoms with Gasteiger partial charge in [0.2, 0.25) is 0 Å². The number of likely N-dealkylation sites (tertiary alicyclic amines) is 1. The molecule has 0 saturated carbocycles. The van der Waals surface area contributed by atoms with E-state index in [4.69, 9.17) is 23.2 Å². The molecule has 0 radical (unpaired) electrons. The van der Waals surface area contributed by atoms with Crippen molar-refractivity contribution in [1.82, 2.24) is 10.2 Å². The number of halogens is 3. The van der Waals surface area contributed by atoms with Crippen molar-refractivity contribution in [2.24, 2.45) is 0 Å². The molecule has 2 rings (SSSR count). The molecule has 0 spiro atoms. The van der Waals surface area contributed by atoms with E-state index in [1.807, 2.05) is 0 Å². The quantitative estimate of drug-likeness (QED) is 0.845. The highest BCUT2D eigenvalue weighted by Gasteiger charge is 2.26. The Morgan fingerprint density at radius 2 is 2.00 bits per heavy atom. The van der Waals surface area contributed by atoms with Gasteiger partial charge in [0.05, 0.1) is 6.04 Å². The van der Waals surface area contributed by atoms with Crippen molar-refractivity contribution >= 4 is 29.2 Å². The molecule has 2 amide bonds. The van der Waals surface area contributed by atoms with Crippen molar-refractivity contribution in [3.05, 3.63) is 35.1 Å². The second-order valence-electron chi connectivity index (χ2n) is 4.96. The molecule has 1 fully saturated rings. The summed E-state index contributed by atoms with van der Waals surface area (Å²) in [6.07, 6.45) is 2.00. The number of amides is 2. The van der Waals surface area contributed by atoms with Crippen LogP contribution in [0.1, 0.15) is 30.0 Å². The highest BCUT2D eigenvalue weighted by molar-refractivity contribution is 6.44. The number of carbonyl (C=O) groups excluding carboxylic acids is 1. The molecule has 1 aliphatic heterocycles. The molecular formula is C14H17Cl2FN2O. The van der Waals surface area contributed by atoms with Crippen LogP contribution < -0.4 is 5.32 Å². The molecule has 6 heteroatoms. The lowest BCUT2D eigenvalue weighted by atomic mass is 10.1. The van der Waals surface area contributed by atoms with Gasteiger partial charge in [0, 0.05) is 13.1 Å². The van der Waals surface area contributed by atoms with Gasteiger partial charge in [-0.05, 0) is 37.0 Å². The number of hydrogen-bond acceptors (Lipinski definition) is 1. The molecule has 1 aromatic rings. The maximum Gasteiger partial charge on any atom is 0.317 e. The zero-order valence-corrected chi connectivity index (χ0v) is 12.7. The van der Waals surface area contributed by atoms with E-state index < -0.39 is 10.9 Å². The molecular weight excluding hydrogens is 302 g/mol. The summed E-state index contributed by atoms with van der Waals surface area (Å²) in [5.74, 6) is -0.336. The molecule has 0 bridgehead atoms. The molecule has 1 aliphatic rings. The van der Waals surface area contributed by atoms with Gasteiger partial charge in [0.15, 0.2) is 0 Å². The average molecular weight is 319 g/mol. The Kier molecular flexibility index (Phi) is 5.11. The molecule has 3 nitrogen and oxygen atoms in total. The highest BCUT2D eigenvalue weighted by Crippen LogP contribution is 2.26. The van der Waals surface area contributed by atoms with E-state index in [1.54, 1.807) is 24.0 Å². The van der Waals surface area contributed by atoms with E-state index in [0.717, 1.165) is 25.9 Å². The first kappa shape index (κ1) is 15.4. The molecule has 1 saturated heterocycles. The standard InChI is InChI=1S/C14H17Cl2FN2O/c1-9-4-5-10(8-11(9)17)12(13(15)16)18-14(20)19-6-2-3-7-19/h4-5,8,12-13H,2-3,6-7H2,1H3,(H,18,20)/t12-/m1/s1. The number of benzene rings is 1. The van der Waals surface area contributed by atoms with Crippen molar-refractivity contribution in [3.63, 3.8) is 0 Å². The number of hydrogen-bond donors (Lipinski definition) is 1. The van der Waals surface area contributed by atoms with E-state index in [2.05, 4.69) is 5.32 Å². The molecule has 1 heterocycles. The maximum atomic E-state index is 13.6. The summed E-state index contributed by atoms with van der Waals surface area (Å²) >= 11 is 11.9. The van der Waals surface area contributed by atoms with Gasteiger partial charge in [-0.2, -0.15) is 0 Å². The minimum Gasteiger partial charge on any atom is -0.328 e. The average Bonchev–Trinajstić information content (AvgIpc) is 2.93. The van der Waals surface area contributed by atoms with Gasteiger partial charge in [0.25, 0.3) is 0 Å². The Morgan fingerprint density at radius 1 is 1.35 bits per heavy atom. The van der Waals surface area contributed by atoms with Gasteiger partial charge in [-0.25, -0.2) is 9.18 Å². The Balaban J connectivity index is 2.13. The summed E-state index contributed by atoms with van der Waals surface area (Å²) in [5, 5.41) is 2.78. The first-order chi connectivity index (χ1) is 9.49. The van der Waals surface area contributed by atoms with E-state index >= 15 is 0 Å². The number of nitrogens with zero attached hydrogens (tertiary/aromatic N) is 1. The summed E-state index contributed by atoms with van der Waals surface area (Å²) in [5.41, 5.74) is 1.11. The van der Waals surface area contributed by atoms with E-state index in [-0.39, 0.29) is 11.8 Å². The van der Waals surface area contributed by atoms with E-state index in [1.165, 1.54) is 6.07 Å². The molecule has 110 valence electrons. The Morgan fingerprint density at radius 3 is 2.55 bits per heavy atom. The number of nitrogens with one attached hydrogen (secondary N) is 1. The minimum atomic E-state index is -0.844. The van der Waals surface area contributed by atoms with Gasteiger partial charge in [0.1, 0.15) is 10.7 Å². The van der Waals surface area contributed by atoms with Crippen LogP contribution in [-0.4, -0.2) is 28.9 Å². The fourth-order valence-electron chi connectivity index (χ4n) is 2.24. The largest absolute Gasteiger partial charge is 0.328 e. The fourth-order valence-corrected chi connectivity index (χ4v) is 2.66. The molecule has 0 aliphatic carbocycles. The minimum absolute atomic E-state index is 0.209. The van der Waals surface area contributed by atoms with Crippen LogP contribution in [0.4, 0.5) is 9.18 Å². The zero-order valence-electron chi connectivity index (χ0n) is 11.2. The summed E-state index contributed by atoms with van der Waals surface area (Å²) in [7, 11) is 0. The second-order valence-corrected chi connectivity index (χ2v) is 6.13. The van der Waals surface area contributed by atoms with Crippen LogP contribution in [0.2, 0.25) is 0 Å². The maximum absolute atomic E-state index is 13.6. The number of rotatable bonds is 3. The molecule has 1 N–H and O–H groups in total. The first-order valence-electron chi connectivity index (χ1n) is 6.58. The predicted molar refractivity (Wildman–Crippen MR) is 78.7 cm³/mol. The monoisotopic (exact) mass is 318 g/mol. The zero-order chi connectivity index (χ0) is 14.7. The highest BCUT2D eigenvalue weighted by atomic mass is 35.5. The lowest BCUT2D eigenvalue weighted by Gasteiger charge is -2.24. The van der Waals surface area contributed by atoms with Crippen molar-refractivity contribution in [3.8, 4) is 0 Å². The van der Waals surface area contributed by atoms with E-state index in [9.17, 15) is 9.18 Å². The van der Waals surface area contributed by atoms with Gasteiger partial charge in [-0.15, -0.1) is 23.2 Å². The summed E-state index contributed by atoms with van der Waals surface area (Å²) in [6.45, 7) is 3.14. The lowest BCUT2D eigenvalue weighted by molar-refractivity contribution is 0.205. The summed E-state index contributed by atoms with van der Waals surface area (Å²) in [6, 6.07) is 3.91. The van der Waals surface area contributed by atoms with Crippen molar-refractivity contribution in [2.75, 3.05) is 13.1 Å². The Hall–Kier alpha value is -1.00. The van der Waals surface area contributed by atoms with Crippen LogP contribution in [0.25, 0.3) is 0 Å². The normalized spacial score (nSPS) is 16.6. The van der Waals surface area contributed by atoms with Gasteiger partial charge >= 0.3 is 6.03 Å². The first-order valence-corrected chi connectivity index (χ1v) is 7.46. The summed E-state index contributed by atoms with van der Waals surface area (Å²) in [4.78, 5) is 13.0. The van der Waals surface area contributed by atoms with Crippen LogP contribution in [0.5, 0.6) is 0 Å². The lowest BCUT2D eigenvalue weighted by Crippen LogP contribution is -2.41. The molecule has 0 unspecified atom stereocenters. The van der Waals surface area contributed by atoms with Crippen LogP contribution >= 0.6 is 23.2 Å². The van der Waals surface area contributed by atoms with Crippen molar-refractivity contribution in [1.29, 1.82) is 0 Å². The number of urea groups is 1. The predicted octanol–water partition coefficient (Wildman–Crippen LogP) is 3.78.